The van der Waals surface area contributed by atoms with Crippen LogP contribution in [0.2, 0.25) is 0 Å². The van der Waals surface area contributed by atoms with Crippen LogP contribution in [-0.2, 0) is 26.3 Å². The Morgan fingerprint density at radius 3 is 2.69 bits per heavy atom. The lowest BCUT2D eigenvalue weighted by Crippen LogP contribution is -2.47. The lowest BCUT2D eigenvalue weighted by molar-refractivity contribution is -0.138. The van der Waals surface area contributed by atoms with Crippen LogP contribution in [0, 0.1) is 0 Å². The van der Waals surface area contributed by atoms with Gasteiger partial charge in [0.1, 0.15) is 6.04 Å². The minimum Gasteiger partial charge on any atom is -0.394 e. The predicted octanol–water partition coefficient (Wildman–Crippen LogP) is -0.266. The summed E-state index contributed by atoms with van der Waals surface area (Å²) in [4.78, 5) is 38.6. The number of fused-ring (bicyclic) bond motifs is 2. The van der Waals surface area contributed by atoms with Crippen LogP contribution in [0.1, 0.15) is 39.9 Å². The number of hydrogen-bond donors (Lipinski definition) is 3. The van der Waals surface area contributed by atoms with Crippen molar-refractivity contribution in [3.8, 4) is 0 Å². The second-order valence-corrected chi connectivity index (χ2v) is 7.79. The number of carbonyl (C=O) groups excluding carboxylic acids is 3. The molecule has 2 aliphatic heterocycles. The number of aliphatic hydroxyl groups is 1. The molecule has 142 valence electrons. The lowest BCUT2D eigenvalue weighted by Gasteiger charge is -2.43. The minimum atomic E-state index is -1.11. The number of piperidine rings is 1. The molecule has 1 saturated heterocycles. The van der Waals surface area contributed by atoms with Crippen molar-refractivity contribution in [1.29, 1.82) is 0 Å². The van der Waals surface area contributed by atoms with Crippen LogP contribution < -0.4 is 11.1 Å². The Kier molecular flexibility index (Phi) is 5.31. The third-order valence-corrected chi connectivity index (χ3v) is 6.27. The molecule has 0 bridgehead atoms. The quantitative estimate of drug-likeness (QED) is 0.663. The van der Waals surface area contributed by atoms with Gasteiger partial charge in [0.05, 0.1) is 23.7 Å². The number of likely N-dealkylation sites (tertiary alicyclic amines) is 1. The minimum absolute atomic E-state index is 0.0581. The van der Waals surface area contributed by atoms with Crippen molar-refractivity contribution in [1.82, 2.24) is 10.2 Å². The van der Waals surface area contributed by atoms with Gasteiger partial charge in [-0.2, -0.15) is 0 Å². The van der Waals surface area contributed by atoms with Crippen LogP contribution in [0.3, 0.4) is 0 Å². The van der Waals surface area contributed by atoms with Gasteiger partial charge in [0.2, 0.25) is 11.8 Å². The molecule has 1 spiro atoms. The van der Waals surface area contributed by atoms with E-state index in [2.05, 4.69) is 5.32 Å². The van der Waals surface area contributed by atoms with Crippen molar-refractivity contribution in [2.75, 3.05) is 26.3 Å². The molecule has 1 atom stereocenters. The topological polar surface area (TPSA) is 122 Å². The van der Waals surface area contributed by atoms with E-state index in [-0.39, 0.29) is 5.91 Å². The van der Waals surface area contributed by atoms with E-state index in [9.17, 15) is 14.4 Å². The van der Waals surface area contributed by atoms with Gasteiger partial charge < -0.3 is 25.8 Å². The van der Waals surface area contributed by atoms with Crippen LogP contribution in [0.15, 0.2) is 6.07 Å². The molecule has 0 saturated carbocycles. The summed E-state index contributed by atoms with van der Waals surface area (Å²) in [7, 11) is 0. The number of amides is 3. The van der Waals surface area contributed by atoms with Gasteiger partial charge in [-0.1, -0.05) is 0 Å². The van der Waals surface area contributed by atoms with Gasteiger partial charge >= 0.3 is 0 Å². The number of aliphatic hydroxyl groups excluding tert-OH is 1. The Hall–Kier alpha value is -1.97. The van der Waals surface area contributed by atoms with E-state index in [1.807, 2.05) is 11.0 Å². The molecular weight excluding hydrogens is 358 g/mol. The summed E-state index contributed by atoms with van der Waals surface area (Å²) in [6.45, 7) is 2.85. The standard InChI is InChI=1S/C17H23N3O5S/c1-10(22)20-5-3-17(4-6-20)11-8-14(26-13(11)2-7-25-17)16(24)19-12(9-21)15(18)23/h8,12,21H,2-7,9H2,1H3,(H2,18,23)(H,19,24)/t12-/m0/s1. The summed E-state index contributed by atoms with van der Waals surface area (Å²) in [5.41, 5.74) is 5.70. The monoisotopic (exact) mass is 381 g/mol. The Balaban J connectivity index is 1.80. The van der Waals surface area contributed by atoms with E-state index in [4.69, 9.17) is 15.6 Å². The average molecular weight is 381 g/mol. The zero-order chi connectivity index (χ0) is 18.9. The zero-order valence-corrected chi connectivity index (χ0v) is 15.4. The van der Waals surface area contributed by atoms with Crippen LogP contribution >= 0.6 is 11.3 Å². The Morgan fingerprint density at radius 1 is 1.42 bits per heavy atom. The van der Waals surface area contributed by atoms with Crippen LogP contribution in [0.4, 0.5) is 0 Å². The number of rotatable bonds is 4. The summed E-state index contributed by atoms with van der Waals surface area (Å²) in [6, 6.07) is 0.707. The molecule has 1 fully saturated rings. The maximum absolute atomic E-state index is 12.4. The van der Waals surface area contributed by atoms with E-state index in [0.29, 0.717) is 37.4 Å². The van der Waals surface area contributed by atoms with Crippen LogP contribution in [0.25, 0.3) is 0 Å². The maximum atomic E-state index is 12.4. The number of hydrogen-bond acceptors (Lipinski definition) is 6. The maximum Gasteiger partial charge on any atom is 0.262 e. The Labute approximate surface area is 155 Å². The van der Waals surface area contributed by atoms with E-state index < -0.39 is 30.1 Å². The van der Waals surface area contributed by atoms with Gasteiger partial charge in [-0.05, 0) is 24.5 Å². The molecule has 0 unspecified atom stereocenters. The summed E-state index contributed by atoms with van der Waals surface area (Å²) in [6.07, 6.45) is 2.11. The van der Waals surface area contributed by atoms with E-state index >= 15 is 0 Å². The van der Waals surface area contributed by atoms with Crippen molar-refractivity contribution < 1.29 is 24.2 Å². The van der Waals surface area contributed by atoms with Gasteiger partial charge in [-0.3, -0.25) is 14.4 Å². The molecule has 0 aliphatic carbocycles. The molecule has 4 N–H and O–H groups in total. The first kappa shape index (κ1) is 18.8. The van der Waals surface area contributed by atoms with E-state index in [1.54, 1.807) is 6.92 Å². The smallest absolute Gasteiger partial charge is 0.262 e. The molecule has 9 heteroatoms. The first-order valence-corrected chi connectivity index (χ1v) is 9.41. The van der Waals surface area contributed by atoms with Crippen molar-refractivity contribution in [2.24, 2.45) is 5.73 Å². The third-order valence-electron chi connectivity index (χ3n) is 5.08. The highest BCUT2D eigenvalue weighted by molar-refractivity contribution is 7.14. The summed E-state index contributed by atoms with van der Waals surface area (Å²) in [5, 5.41) is 11.6. The first-order chi connectivity index (χ1) is 12.4. The van der Waals surface area contributed by atoms with Crippen LogP contribution in [0.5, 0.6) is 0 Å². The van der Waals surface area contributed by atoms with Gasteiger partial charge in [-0.15, -0.1) is 11.3 Å². The van der Waals surface area contributed by atoms with E-state index in [1.165, 1.54) is 11.3 Å². The molecule has 0 aromatic carbocycles. The normalized spacial score (nSPS) is 19.7. The predicted molar refractivity (Wildman–Crippen MR) is 94.7 cm³/mol. The fourth-order valence-corrected chi connectivity index (χ4v) is 4.70. The number of thiophene rings is 1. The van der Waals surface area contributed by atoms with Gasteiger partial charge in [0, 0.05) is 31.3 Å². The number of nitrogens with two attached hydrogens (primary N) is 1. The molecule has 1 aromatic heterocycles. The molecule has 1 aromatic rings. The molecule has 3 rings (SSSR count). The highest BCUT2D eigenvalue weighted by atomic mass is 32.1. The number of nitrogens with zero attached hydrogens (tertiary/aromatic N) is 1. The molecule has 3 amide bonds. The van der Waals surface area contributed by atoms with Crippen LogP contribution in [-0.4, -0.2) is 60.1 Å². The van der Waals surface area contributed by atoms with Crippen molar-refractivity contribution in [2.45, 2.75) is 37.8 Å². The lowest BCUT2D eigenvalue weighted by atomic mass is 9.82. The highest BCUT2D eigenvalue weighted by Gasteiger charge is 2.42. The van der Waals surface area contributed by atoms with Gasteiger partial charge in [0.25, 0.3) is 5.91 Å². The second kappa shape index (κ2) is 7.34. The van der Waals surface area contributed by atoms with Crippen molar-refractivity contribution >= 4 is 29.1 Å². The first-order valence-electron chi connectivity index (χ1n) is 8.60. The SMILES string of the molecule is CC(=O)N1CCC2(CC1)OCCc1sc(C(=O)N[C@@H](CO)C(N)=O)cc12. The number of carbonyl (C=O) groups is 3. The molecule has 26 heavy (non-hydrogen) atoms. The second-order valence-electron chi connectivity index (χ2n) is 6.66. The van der Waals surface area contributed by atoms with Gasteiger partial charge in [0.15, 0.2) is 0 Å². The number of primary amides is 1. The molecule has 2 aliphatic rings. The molecular formula is C17H23N3O5S. The summed E-state index contributed by atoms with van der Waals surface area (Å²) in [5.74, 6) is -1.15. The van der Waals surface area contributed by atoms with Gasteiger partial charge in [-0.25, -0.2) is 0 Å². The summed E-state index contributed by atoms with van der Waals surface area (Å²) >= 11 is 1.38. The largest absolute Gasteiger partial charge is 0.394 e. The fourth-order valence-electron chi connectivity index (χ4n) is 3.56. The molecule has 0 radical (unpaired) electrons. The Bertz CT molecular complexity index is 724. The Morgan fingerprint density at radius 2 is 2.12 bits per heavy atom. The zero-order valence-electron chi connectivity index (χ0n) is 14.6. The average Bonchev–Trinajstić information content (AvgIpc) is 3.06. The highest BCUT2D eigenvalue weighted by Crippen LogP contribution is 2.44. The third kappa shape index (κ3) is 3.46. The number of ether oxygens (including phenoxy) is 1. The summed E-state index contributed by atoms with van der Waals surface area (Å²) < 4.78 is 6.12. The number of nitrogens with one attached hydrogen (secondary N) is 1. The molecule has 8 nitrogen and oxygen atoms in total. The molecule has 3 heterocycles. The van der Waals surface area contributed by atoms with Crippen molar-refractivity contribution in [3.63, 3.8) is 0 Å². The fraction of sp³-hybridized carbons (Fsp3) is 0.588. The van der Waals surface area contributed by atoms with E-state index in [0.717, 1.165) is 16.9 Å². The van der Waals surface area contributed by atoms with Crippen molar-refractivity contribution in [3.05, 3.63) is 21.4 Å².